The van der Waals surface area contributed by atoms with Crippen LogP contribution in [0.15, 0.2) is 78.9 Å². The topological polar surface area (TPSA) is 6.48 Å². The first-order valence-corrected chi connectivity index (χ1v) is 10.4. The first kappa shape index (κ1) is 21.9. The molecule has 0 bridgehead atoms. The lowest BCUT2D eigenvalue weighted by atomic mass is 9.96. The Morgan fingerprint density at radius 1 is 0.793 bits per heavy atom. The highest BCUT2D eigenvalue weighted by molar-refractivity contribution is 6.30. The Morgan fingerprint density at radius 2 is 1.45 bits per heavy atom. The second-order valence-electron chi connectivity index (χ2n) is 7.67. The fourth-order valence-corrected chi connectivity index (χ4v) is 4.27. The van der Waals surface area contributed by atoms with Gasteiger partial charge in [0.25, 0.3) is 0 Å². The molecule has 29 heavy (non-hydrogen) atoms. The highest BCUT2D eigenvalue weighted by Gasteiger charge is 2.26. The molecule has 152 valence electrons. The fraction of sp³-hybridized carbons (Fsp3) is 0.280. The quantitative estimate of drug-likeness (QED) is 0.619. The van der Waals surface area contributed by atoms with Crippen LogP contribution in [0.5, 0.6) is 0 Å². The van der Waals surface area contributed by atoms with Crippen molar-refractivity contribution in [3.05, 3.63) is 106 Å². The van der Waals surface area contributed by atoms with Crippen LogP contribution in [0.2, 0.25) is 5.02 Å². The maximum absolute atomic E-state index is 6.14. The second-order valence-corrected chi connectivity index (χ2v) is 8.10. The molecule has 3 aromatic rings. The van der Waals surface area contributed by atoms with Crippen LogP contribution in [0.4, 0.5) is 0 Å². The zero-order chi connectivity index (χ0) is 19.3. The first-order chi connectivity index (χ1) is 13.7. The number of rotatable bonds is 5. The van der Waals surface area contributed by atoms with Crippen LogP contribution in [0.25, 0.3) is 0 Å². The van der Waals surface area contributed by atoms with Gasteiger partial charge < -0.3 is 12.4 Å². The van der Waals surface area contributed by atoms with Gasteiger partial charge in [0.1, 0.15) is 0 Å². The molecule has 0 amide bonds. The van der Waals surface area contributed by atoms with E-state index in [0.29, 0.717) is 0 Å². The molecule has 1 saturated heterocycles. The van der Waals surface area contributed by atoms with Gasteiger partial charge in [-0.15, -0.1) is 0 Å². The summed E-state index contributed by atoms with van der Waals surface area (Å²) in [7, 11) is 0. The maximum Gasteiger partial charge on any atom is 0.0602 e. The van der Waals surface area contributed by atoms with E-state index in [1.807, 2.05) is 12.1 Å². The average molecular weight is 426 g/mol. The summed E-state index contributed by atoms with van der Waals surface area (Å²) in [5.41, 5.74) is 5.40. The predicted molar refractivity (Wildman–Crippen MR) is 118 cm³/mol. The zero-order valence-electron chi connectivity index (χ0n) is 16.8. The van der Waals surface area contributed by atoms with Gasteiger partial charge in [0.15, 0.2) is 0 Å². The normalized spacial score (nSPS) is 16.2. The lowest BCUT2D eigenvalue weighted by Gasteiger charge is -2.40. The summed E-state index contributed by atoms with van der Waals surface area (Å²) in [6, 6.07) is 28.3. The third-order valence-electron chi connectivity index (χ3n) is 5.56. The van der Waals surface area contributed by atoms with Crippen molar-refractivity contribution in [2.45, 2.75) is 19.5 Å². The fourth-order valence-electron chi connectivity index (χ4n) is 4.14. The van der Waals surface area contributed by atoms with Crippen LogP contribution in [0.1, 0.15) is 28.3 Å². The van der Waals surface area contributed by atoms with Crippen molar-refractivity contribution >= 4 is 11.6 Å². The van der Waals surface area contributed by atoms with Gasteiger partial charge in [0.05, 0.1) is 6.04 Å². The van der Waals surface area contributed by atoms with Crippen LogP contribution in [0.3, 0.4) is 0 Å². The number of aryl methyl sites for hydroxylation is 1. The third kappa shape index (κ3) is 5.61. The molecule has 1 aliphatic heterocycles. The number of nitrogens with zero attached hydrogens (tertiary/aromatic N) is 2. The van der Waals surface area contributed by atoms with E-state index in [2.05, 4.69) is 83.5 Å². The summed E-state index contributed by atoms with van der Waals surface area (Å²) in [4.78, 5) is 5.17. The minimum Gasteiger partial charge on any atom is -1.00 e. The largest absolute Gasteiger partial charge is 1.00 e. The molecule has 1 fully saturated rings. The second kappa shape index (κ2) is 10.3. The smallest absolute Gasteiger partial charge is 0.0602 e. The summed E-state index contributed by atoms with van der Waals surface area (Å²) in [5.74, 6) is 0. The van der Waals surface area contributed by atoms with Gasteiger partial charge in [-0.05, 0) is 35.7 Å². The number of halogens is 2. The third-order valence-corrected chi connectivity index (χ3v) is 5.81. The SMILES string of the molecule is Cc1cccc(CN2CCN(C(c3ccccc3)c3ccc(Cl)cc3)CC2)c1.[Cl-]. The maximum atomic E-state index is 6.14. The van der Waals surface area contributed by atoms with E-state index in [1.165, 1.54) is 22.3 Å². The minimum absolute atomic E-state index is 0. The first-order valence-electron chi connectivity index (χ1n) is 10.0. The Kier molecular flexibility index (Phi) is 7.74. The van der Waals surface area contributed by atoms with E-state index in [1.54, 1.807) is 0 Å². The number of hydrogen-bond donors (Lipinski definition) is 0. The molecule has 2 nitrogen and oxygen atoms in total. The molecule has 3 aromatic carbocycles. The molecule has 1 aliphatic rings. The van der Waals surface area contributed by atoms with Crippen molar-refractivity contribution < 1.29 is 12.4 Å². The Bertz CT molecular complexity index is 888. The van der Waals surface area contributed by atoms with Gasteiger partial charge >= 0.3 is 0 Å². The number of hydrogen-bond acceptors (Lipinski definition) is 2. The lowest BCUT2D eigenvalue weighted by molar-refractivity contribution is -0.00000560. The average Bonchev–Trinajstić information content (AvgIpc) is 2.72. The van der Waals surface area contributed by atoms with E-state index in [0.717, 1.165) is 37.7 Å². The van der Waals surface area contributed by atoms with E-state index in [4.69, 9.17) is 11.6 Å². The molecule has 0 saturated carbocycles. The predicted octanol–water partition coefficient (Wildman–Crippen LogP) is 2.56. The van der Waals surface area contributed by atoms with Crippen molar-refractivity contribution in [2.24, 2.45) is 0 Å². The molecule has 0 aliphatic carbocycles. The van der Waals surface area contributed by atoms with Gasteiger partial charge in [-0.1, -0.05) is 83.9 Å². The van der Waals surface area contributed by atoms with Gasteiger partial charge in [-0.3, -0.25) is 9.80 Å². The standard InChI is InChI=1S/C25H27ClN2.ClH/c1-20-6-5-7-21(18-20)19-27-14-16-28(17-15-27)25(22-8-3-2-4-9-22)23-10-12-24(26)13-11-23;/h2-13,18,25H,14-17,19H2,1H3;1H/p-1. The minimum atomic E-state index is 0. The monoisotopic (exact) mass is 425 g/mol. The van der Waals surface area contributed by atoms with Gasteiger partial charge in [0.2, 0.25) is 0 Å². The van der Waals surface area contributed by atoms with E-state index >= 15 is 0 Å². The Hall–Kier alpha value is -1.84. The molecule has 4 rings (SSSR count). The van der Waals surface area contributed by atoms with Crippen molar-refractivity contribution in [3.8, 4) is 0 Å². The van der Waals surface area contributed by atoms with Crippen LogP contribution in [-0.2, 0) is 6.54 Å². The lowest BCUT2D eigenvalue weighted by Crippen LogP contribution is -3.00. The highest BCUT2D eigenvalue weighted by atomic mass is 35.5. The molecule has 1 heterocycles. The van der Waals surface area contributed by atoms with E-state index < -0.39 is 0 Å². The van der Waals surface area contributed by atoms with Crippen LogP contribution in [0, 0.1) is 6.92 Å². The number of benzene rings is 3. The van der Waals surface area contributed by atoms with Gasteiger partial charge in [-0.2, -0.15) is 0 Å². The molecular weight excluding hydrogens is 399 g/mol. The summed E-state index contributed by atoms with van der Waals surface area (Å²) in [5, 5.41) is 0.790. The summed E-state index contributed by atoms with van der Waals surface area (Å²) in [6.45, 7) is 7.50. The van der Waals surface area contributed by atoms with Crippen molar-refractivity contribution in [1.82, 2.24) is 9.80 Å². The molecule has 0 radical (unpaired) electrons. The van der Waals surface area contributed by atoms with Crippen molar-refractivity contribution in [3.63, 3.8) is 0 Å². The molecular formula is C25H27Cl2N2-. The van der Waals surface area contributed by atoms with E-state index in [-0.39, 0.29) is 18.4 Å². The van der Waals surface area contributed by atoms with Gasteiger partial charge in [0, 0.05) is 37.7 Å². The zero-order valence-corrected chi connectivity index (χ0v) is 18.3. The van der Waals surface area contributed by atoms with Gasteiger partial charge in [-0.25, -0.2) is 0 Å². The summed E-state index contributed by atoms with van der Waals surface area (Å²) in [6.07, 6.45) is 0. The Morgan fingerprint density at radius 3 is 2.10 bits per heavy atom. The van der Waals surface area contributed by atoms with Crippen LogP contribution < -0.4 is 12.4 Å². The molecule has 0 aromatic heterocycles. The molecule has 1 unspecified atom stereocenters. The molecule has 0 N–H and O–H groups in total. The summed E-state index contributed by atoms with van der Waals surface area (Å²) >= 11 is 6.14. The van der Waals surface area contributed by atoms with Crippen molar-refractivity contribution in [2.75, 3.05) is 26.2 Å². The molecule has 0 spiro atoms. The van der Waals surface area contributed by atoms with Crippen LogP contribution in [-0.4, -0.2) is 36.0 Å². The highest BCUT2D eigenvalue weighted by Crippen LogP contribution is 2.30. The van der Waals surface area contributed by atoms with Crippen LogP contribution >= 0.6 is 11.6 Å². The van der Waals surface area contributed by atoms with Crippen molar-refractivity contribution in [1.29, 1.82) is 0 Å². The Labute approximate surface area is 185 Å². The number of piperazine rings is 1. The Balaban J connectivity index is 0.00000240. The summed E-state index contributed by atoms with van der Waals surface area (Å²) < 4.78 is 0. The molecule has 4 heteroatoms. The van der Waals surface area contributed by atoms with E-state index in [9.17, 15) is 0 Å². The molecule has 1 atom stereocenters.